The van der Waals surface area contributed by atoms with Crippen LogP contribution in [0.3, 0.4) is 0 Å². The number of rotatable bonds is 1. The molecule has 1 aliphatic rings. The lowest BCUT2D eigenvalue weighted by molar-refractivity contribution is 0.556. The summed E-state index contributed by atoms with van der Waals surface area (Å²) in [6.45, 7) is 4.04. The predicted octanol–water partition coefficient (Wildman–Crippen LogP) is 0.632. The van der Waals surface area contributed by atoms with Crippen LogP contribution in [0.5, 0.6) is 0 Å². The molecule has 0 spiro atoms. The molecule has 94 valence electrons. The van der Waals surface area contributed by atoms with Gasteiger partial charge in [0.1, 0.15) is 6.33 Å². The first-order chi connectivity index (χ1) is 8.65. The minimum Gasteiger partial charge on any atom is -0.394 e. The lowest BCUT2D eigenvalue weighted by atomic mass is 10.3. The molecule has 0 aromatic carbocycles. The highest BCUT2D eigenvalue weighted by Crippen LogP contribution is 2.27. The van der Waals surface area contributed by atoms with E-state index in [2.05, 4.69) is 20.2 Å². The molecule has 2 aromatic heterocycles. The summed E-state index contributed by atoms with van der Waals surface area (Å²) in [5.41, 5.74) is 7.26. The van der Waals surface area contributed by atoms with Gasteiger partial charge in [-0.1, -0.05) is 0 Å². The van der Waals surface area contributed by atoms with Gasteiger partial charge in [-0.05, 0) is 18.5 Å². The van der Waals surface area contributed by atoms with Crippen LogP contribution in [-0.4, -0.2) is 31.3 Å². The first-order valence-electron chi connectivity index (χ1n) is 5.56. The van der Waals surface area contributed by atoms with Crippen molar-refractivity contribution >= 4 is 23.1 Å². The first-order valence-corrected chi connectivity index (χ1v) is 5.94. The average Bonchev–Trinajstić information content (AvgIpc) is 2.80. The van der Waals surface area contributed by atoms with Crippen LogP contribution in [0.25, 0.3) is 0 Å². The Morgan fingerprint density at radius 2 is 2.17 bits per heavy atom. The van der Waals surface area contributed by atoms with Gasteiger partial charge in [0.05, 0.1) is 17.9 Å². The molecule has 8 heteroatoms. The fourth-order valence-electron chi connectivity index (χ4n) is 2.02. The molecule has 0 amide bonds. The second-order valence-corrected chi connectivity index (χ2v) is 4.52. The Hall–Kier alpha value is -1.89. The zero-order chi connectivity index (χ0) is 12.7. The van der Waals surface area contributed by atoms with Crippen LogP contribution in [0, 0.1) is 6.92 Å². The SMILES string of the molecule is Cc1nc(Cl)nc(N2CCn3cnnc3C2)c1N. The van der Waals surface area contributed by atoms with Gasteiger partial charge in [0.25, 0.3) is 0 Å². The molecule has 3 heterocycles. The summed E-state index contributed by atoms with van der Waals surface area (Å²) >= 11 is 5.88. The Labute approximate surface area is 109 Å². The molecule has 2 aromatic rings. The third-order valence-electron chi connectivity index (χ3n) is 3.03. The number of hydrogen-bond donors (Lipinski definition) is 1. The molecule has 0 fully saturated rings. The molecule has 1 aliphatic heterocycles. The standard InChI is InChI=1S/C10H12ClN7/c1-6-8(12)9(15-10(11)14-6)17-2-3-18-5-13-16-7(18)4-17/h5H,2-4,12H2,1H3. The second-order valence-electron chi connectivity index (χ2n) is 4.18. The summed E-state index contributed by atoms with van der Waals surface area (Å²) in [6.07, 6.45) is 1.73. The minimum absolute atomic E-state index is 0.212. The Balaban J connectivity index is 1.98. The van der Waals surface area contributed by atoms with E-state index in [0.29, 0.717) is 23.7 Å². The normalized spacial score (nSPS) is 14.7. The van der Waals surface area contributed by atoms with Crippen LogP contribution < -0.4 is 10.6 Å². The van der Waals surface area contributed by atoms with E-state index in [1.807, 2.05) is 16.4 Å². The van der Waals surface area contributed by atoms with Crippen molar-refractivity contribution in [3.05, 3.63) is 23.1 Å². The molecular weight excluding hydrogens is 254 g/mol. The van der Waals surface area contributed by atoms with Gasteiger partial charge in [-0.2, -0.15) is 4.98 Å². The monoisotopic (exact) mass is 265 g/mol. The first kappa shape index (κ1) is 11.2. The summed E-state index contributed by atoms with van der Waals surface area (Å²) in [6, 6.07) is 0. The van der Waals surface area contributed by atoms with E-state index in [9.17, 15) is 0 Å². The van der Waals surface area contributed by atoms with E-state index in [1.54, 1.807) is 6.33 Å². The highest BCUT2D eigenvalue weighted by molar-refractivity contribution is 6.28. The maximum atomic E-state index is 6.01. The number of fused-ring (bicyclic) bond motifs is 1. The molecule has 0 saturated heterocycles. The van der Waals surface area contributed by atoms with Crippen LogP contribution in [0.1, 0.15) is 11.5 Å². The largest absolute Gasteiger partial charge is 0.394 e. The van der Waals surface area contributed by atoms with E-state index in [0.717, 1.165) is 18.9 Å². The van der Waals surface area contributed by atoms with Crippen molar-refractivity contribution < 1.29 is 0 Å². The summed E-state index contributed by atoms with van der Waals surface area (Å²) in [7, 11) is 0. The third-order valence-corrected chi connectivity index (χ3v) is 3.20. The maximum absolute atomic E-state index is 6.01. The number of nitrogen functional groups attached to an aromatic ring is 1. The van der Waals surface area contributed by atoms with Crippen LogP contribution in [0.4, 0.5) is 11.5 Å². The van der Waals surface area contributed by atoms with Gasteiger partial charge < -0.3 is 15.2 Å². The number of hydrogen-bond acceptors (Lipinski definition) is 6. The molecule has 0 unspecified atom stereocenters. The summed E-state index contributed by atoms with van der Waals surface area (Å²) in [4.78, 5) is 10.3. The van der Waals surface area contributed by atoms with E-state index in [-0.39, 0.29) is 5.28 Å². The van der Waals surface area contributed by atoms with Crippen molar-refractivity contribution in [1.29, 1.82) is 0 Å². The zero-order valence-corrected chi connectivity index (χ0v) is 10.6. The number of halogens is 1. The van der Waals surface area contributed by atoms with Gasteiger partial charge in [0, 0.05) is 13.1 Å². The molecule has 0 saturated carbocycles. The van der Waals surface area contributed by atoms with Gasteiger partial charge in [-0.3, -0.25) is 0 Å². The molecule has 0 bridgehead atoms. The van der Waals surface area contributed by atoms with Crippen molar-refractivity contribution in [3.8, 4) is 0 Å². The van der Waals surface area contributed by atoms with Gasteiger partial charge >= 0.3 is 0 Å². The van der Waals surface area contributed by atoms with E-state index >= 15 is 0 Å². The molecule has 0 radical (unpaired) electrons. The highest BCUT2D eigenvalue weighted by Gasteiger charge is 2.21. The predicted molar refractivity (Wildman–Crippen MR) is 67.3 cm³/mol. The Morgan fingerprint density at radius 3 is 3.00 bits per heavy atom. The summed E-state index contributed by atoms with van der Waals surface area (Å²) in [5.74, 6) is 1.56. The van der Waals surface area contributed by atoms with E-state index < -0.39 is 0 Å². The van der Waals surface area contributed by atoms with E-state index in [1.165, 1.54) is 0 Å². The minimum atomic E-state index is 0.212. The lowest BCUT2D eigenvalue weighted by Crippen LogP contribution is -2.35. The molecule has 3 rings (SSSR count). The summed E-state index contributed by atoms with van der Waals surface area (Å²) in [5, 5.41) is 8.16. The molecule has 2 N–H and O–H groups in total. The van der Waals surface area contributed by atoms with Gasteiger partial charge in [0.15, 0.2) is 11.6 Å². The number of anilines is 2. The molecule has 0 aliphatic carbocycles. The Kier molecular flexibility index (Phi) is 2.55. The van der Waals surface area contributed by atoms with Crippen molar-refractivity contribution in [2.45, 2.75) is 20.0 Å². The smallest absolute Gasteiger partial charge is 0.224 e. The number of aromatic nitrogens is 5. The van der Waals surface area contributed by atoms with Crippen molar-refractivity contribution in [1.82, 2.24) is 24.7 Å². The number of nitrogens with zero attached hydrogens (tertiary/aromatic N) is 6. The Morgan fingerprint density at radius 1 is 1.33 bits per heavy atom. The highest BCUT2D eigenvalue weighted by atomic mass is 35.5. The van der Waals surface area contributed by atoms with Crippen molar-refractivity contribution in [2.75, 3.05) is 17.2 Å². The fourth-order valence-corrected chi connectivity index (χ4v) is 2.23. The number of aryl methyl sites for hydroxylation is 1. The summed E-state index contributed by atoms with van der Waals surface area (Å²) < 4.78 is 2.02. The lowest BCUT2D eigenvalue weighted by Gasteiger charge is -2.29. The van der Waals surface area contributed by atoms with Crippen LogP contribution in [0.15, 0.2) is 6.33 Å². The zero-order valence-electron chi connectivity index (χ0n) is 9.84. The van der Waals surface area contributed by atoms with E-state index in [4.69, 9.17) is 17.3 Å². The molecule has 7 nitrogen and oxygen atoms in total. The average molecular weight is 266 g/mol. The van der Waals surface area contributed by atoms with Gasteiger partial charge in [-0.25, -0.2) is 4.98 Å². The maximum Gasteiger partial charge on any atom is 0.224 e. The quantitative estimate of drug-likeness (QED) is 0.762. The Bertz CT molecular complexity index is 594. The van der Waals surface area contributed by atoms with Crippen LogP contribution in [0.2, 0.25) is 5.28 Å². The third kappa shape index (κ3) is 1.76. The second kappa shape index (κ2) is 4.09. The molecular formula is C10H12ClN7. The molecule has 18 heavy (non-hydrogen) atoms. The van der Waals surface area contributed by atoms with Crippen LogP contribution in [-0.2, 0) is 13.1 Å². The molecule has 0 atom stereocenters. The van der Waals surface area contributed by atoms with Crippen molar-refractivity contribution in [3.63, 3.8) is 0 Å². The van der Waals surface area contributed by atoms with Gasteiger partial charge in [-0.15, -0.1) is 10.2 Å². The van der Waals surface area contributed by atoms with Crippen molar-refractivity contribution in [2.24, 2.45) is 0 Å². The van der Waals surface area contributed by atoms with Gasteiger partial charge in [0.2, 0.25) is 5.28 Å². The fraction of sp³-hybridized carbons (Fsp3) is 0.400. The van der Waals surface area contributed by atoms with Crippen LogP contribution >= 0.6 is 11.6 Å². The number of nitrogens with two attached hydrogens (primary N) is 1. The topological polar surface area (TPSA) is 85.8 Å².